The lowest BCUT2D eigenvalue weighted by atomic mass is 10.2. The Bertz CT molecular complexity index is 1240. The zero-order chi connectivity index (χ0) is 22.1. The van der Waals surface area contributed by atoms with E-state index >= 15 is 0 Å². The highest BCUT2D eigenvalue weighted by molar-refractivity contribution is 7.18. The van der Waals surface area contributed by atoms with Crippen LogP contribution in [0.25, 0.3) is 15.9 Å². The van der Waals surface area contributed by atoms with Crippen molar-refractivity contribution in [3.05, 3.63) is 64.1 Å². The van der Waals surface area contributed by atoms with E-state index in [9.17, 15) is 4.79 Å². The highest BCUT2D eigenvalue weighted by atomic mass is 32.1. The predicted octanol–water partition coefficient (Wildman–Crippen LogP) is 4.23. The lowest BCUT2D eigenvalue weighted by molar-refractivity contribution is -0.121. The Morgan fingerprint density at radius 3 is 2.61 bits per heavy atom. The first-order valence-corrected chi connectivity index (χ1v) is 11.0. The second-order valence-electron chi connectivity index (χ2n) is 7.67. The van der Waals surface area contributed by atoms with Gasteiger partial charge in [-0.2, -0.15) is 5.10 Å². The smallest absolute Gasteiger partial charge is 0.242 e. The molecule has 2 N–H and O–H groups in total. The first-order valence-electron chi connectivity index (χ1n) is 10.2. The molecule has 0 aliphatic carbocycles. The maximum Gasteiger partial charge on any atom is 0.242 e. The lowest BCUT2D eigenvalue weighted by Gasteiger charge is -2.15. The molecule has 0 saturated heterocycles. The molecule has 0 aliphatic rings. The number of thiophene rings is 1. The summed E-state index contributed by atoms with van der Waals surface area (Å²) in [5.74, 6) is 0.599. The summed E-state index contributed by atoms with van der Waals surface area (Å²) in [4.78, 5) is 23.7. The number of hydrogen-bond donors (Lipinski definition) is 2. The molecular formula is C23H26N6OS. The van der Waals surface area contributed by atoms with E-state index in [-0.39, 0.29) is 5.91 Å². The van der Waals surface area contributed by atoms with E-state index in [1.807, 2.05) is 55.8 Å². The van der Waals surface area contributed by atoms with Gasteiger partial charge in [0, 0.05) is 22.7 Å². The lowest BCUT2D eigenvalue weighted by Crippen LogP contribution is -2.37. The molecule has 1 atom stereocenters. The number of aryl methyl sites for hydroxylation is 3. The molecule has 1 aromatic carbocycles. The molecule has 1 amide bonds. The predicted molar refractivity (Wildman–Crippen MR) is 125 cm³/mol. The fourth-order valence-corrected chi connectivity index (χ4v) is 4.64. The molecule has 4 rings (SSSR count). The molecule has 0 aliphatic heterocycles. The van der Waals surface area contributed by atoms with E-state index in [1.165, 1.54) is 11.2 Å². The van der Waals surface area contributed by atoms with E-state index in [4.69, 9.17) is 0 Å². The van der Waals surface area contributed by atoms with Gasteiger partial charge in [0.25, 0.3) is 0 Å². The van der Waals surface area contributed by atoms with Crippen LogP contribution in [-0.2, 0) is 11.3 Å². The van der Waals surface area contributed by atoms with Crippen molar-refractivity contribution in [2.24, 2.45) is 0 Å². The summed E-state index contributed by atoms with van der Waals surface area (Å²) in [6, 6.07) is 9.55. The molecule has 0 fully saturated rings. The van der Waals surface area contributed by atoms with Crippen LogP contribution in [-0.4, -0.2) is 31.7 Å². The Hall–Kier alpha value is -3.26. The van der Waals surface area contributed by atoms with E-state index in [0.29, 0.717) is 12.4 Å². The molecule has 160 valence electrons. The second-order valence-corrected chi connectivity index (χ2v) is 8.87. The van der Waals surface area contributed by atoms with Gasteiger partial charge in [-0.15, -0.1) is 11.3 Å². The third-order valence-electron chi connectivity index (χ3n) is 5.59. The third-order valence-corrected chi connectivity index (χ3v) is 6.71. The van der Waals surface area contributed by atoms with Crippen LogP contribution in [0.4, 0.5) is 5.82 Å². The van der Waals surface area contributed by atoms with E-state index < -0.39 is 6.04 Å². The van der Waals surface area contributed by atoms with Crippen molar-refractivity contribution in [1.82, 2.24) is 25.1 Å². The quantitative estimate of drug-likeness (QED) is 0.474. The van der Waals surface area contributed by atoms with Gasteiger partial charge >= 0.3 is 0 Å². The number of fused-ring (bicyclic) bond motifs is 1. The van der Waals surface area contributed by atoms with Crippen LogP contribution >= 0.6 is 11.3 Å². The number of nitrogens with zero attached hydrogens (tertiary/aromatic N) is 4. The average molecular weight is 435 g/mol. The Labute approximate surface area is 185 Å². The summed E-state index contributed by atoms with van der Waals surface area (Å²) < 4.78 is 1.91. The SMILES string of the molecule is Cc1nn(-c2ccccc2)c(C)c1CNC(=O)[C@@H](C)Nc1ncnc2sc(C)c(C)c12. The normalized spacial score (nSPS) is 12.2. The maximum absolute atomic E-state index is 12.8. The summed E-state index contributed by atoms with van der Waals surface area (Å²) in [6.07, 6.45) is 1.54. The van der Waals surface area contributed by atoms with Crippen molar-refractivity contribution in [3.63, 3.8) is 0 Å². The number of nitrogens with one attached hydrogen (secondary N) is 2. The molecule has 3 heterocycles. The van der Waals surface area contributed by atoms with E-state index in [2.05, 4.69) is 39.5 Å². The fourth-order valence-electron chi connectivity index (χ4n) is 3.64. The third kappa shape index (κ3) is 4.03. The minimum absolute atomic E-state index is 0.0948. The molecule has 8 heteroatoms. The van der Waals surface area contributed by atoms with Gasteiger partial charge < -0.3 is 10.6 Å². The molecule has 0 saturated carbocycles. The highest BCUT2D eigenvalue weighted by Crippen LogP contribution is 2.32. The summed E-state index contributed by atoms with van der Waals surface area (Å²) in [5, 5.41) is 11.9. The van der Waals surface area contributed by atoms with Crippen molar-refractivity contribution in [3.8, 4) is 5.69 Å². The minimum atomic E-state index is -0.442. The zero-order valence-electron chi connectivity index (χ0n) is 18.4. The van der Waals surface area contributed by atoms with Crippen molar-refractivity contribution in [2.75, 3.05) is 5.32 Å². The maximum atomic E-state index is 12.8. The van der Waals surface area contributed by atoms with Gasteiger partial charge in [-0.3, -0.25) is 4.79 Å². The Balaban J connectivity index is 1.47. The molecule has 4 aromatic rings. The Kier molecular flexibility index (Phi) is 5.73. The van der Waals surface area contributed by atoms with Gasteiger partial charge in [0.15, 0.2) is 0 Å². The number of carbonyl (C=O) groups is 1. The number of benzene rings is 1. The number of hydrogen-bond acceptors (Lipinski definition) is 6. The molecule has 0 bridgehead atoms. The van der Waals surface area contributed by atoms with Gasteiger partial charge in [-0.25, -0.2) is 14.6 Å². The summed E-state index contributed by atoms with van der Waals surface area (Å²) in [7, 11) is 0. The van der Waals surface area contributed by atoms with Gasteiger partial charge in [0.2, 0.25) is 5.91 Å². The fraction of sp³-hybridized carbons (Fsp3) is 0.304. The van der Waals surface area contributed by atoms with E-state index in [1.54, 1.807) is 11.3 Å². The molecular weight excluding hydrogens is 408 g/mol. The molecule has 31 heavy (non-hydrogen) atoms. The van der Waals surface area contributed by atoms with Crippen LogP contribution in [0.5, 0.6) is 0 Å². The van der Waals surface area contributed by atoms with E-state index in [0.717, 1.165) is 38.4 Å². The van der Waals surface area contributed by atoms with Crippen LogP contribution < -0.4 is 10.6 Å². The summed E-state index contributed by atoms with van der Waals surface area (Å²) >= 11 is 1.64. The molecule has 0 unspecified atom stereocenters. The average Bonchev–Trinajstić information content (AvgIpc) is 3.22. The van der Waals surface area contributed by atoms with Crippen molar-refractivity contribution >= 4 is 33.3 Å². The highest BCUT2D eigenvalue weighted by Gasteiger charge is 2.19. The molecule has 7 nitrogen and oxygen atoms in total. The summed E-state index contributed by atoms with van der Waals surface area (Å²) in [6.45, 7) is 10.4. The monoisotopic (exact) mass is 434 g/mol. The first-order chi connectivity index (χ1) is 14.9. The molecule has 0 radical (unpaired) electrons. The molecule has 0 spiro atoms. The number of amides is 1. The van der Waals surface area contributed by atoms with Gasteiger partial charge in [-0.1, -0.05) is 18.2 Å². The number of rotatable bonds is 6. The largest absolute Gasteiger partial charge is 0.358 e. The summed E-state index contributed by atoms with van der Waals surface area (Å²) in [5.41, 5.74) is 5.11. The van der Waals surface area contributed by atoms with Crippen LogP contribution in [0.15, 0.2) is 36.7 Å². The van der Waals surface area contributed by atoms with Crippen LogP contribution in [0.2, 0.25) is 0 Å². The van der Waals surface area contributed by atoms with Crippen LogP contribution in [0, 0.1) is 27.7 Å². The van der Waals surface area contributed by atoms with Crippen molar-refractivity contribution < 1.29 is 4.79 Å². The number of anilines is 1. The zero-order valence-corrected chi connectivity index (χ0v) is 19.2. The topological polar surface area (TPSA) is 84.7 Å². The van der Waals surface area contributed by atoms with Gasteiger partial charge in [0.1, 0.15) is 23.0 Å². The Morgan fingerprint density at radius 2 is 1.87 bits per heavy atom. The minimum Gasteiger partial charge on any atom is -0.358 e. The number of carbonyl (C=O) groups excluding carboxylic acids is 1. The van der Waals surface area contributed by atoms with Crippen LogP contribution in [0.3, 0.4) is 0 Å². The second kappa shape index (κ2) is 8.47. The van der Waals surface area contributed by atoms with Gasteiger partial charge in [0.05, 0.1) is 16.8 Å². The van der Waals surface area contributed by atoms with Crippen molar-refractivity contribution in [2.45, 2.75) is 47.2 Å². The number of para-hydroxylation sites is 1. The first kappa shape index (κ1) is 21.0. The van der Waals surface area contributed by atoms with Crippen LogP contribution in [0.1, 0.15) is 34.3 Å². The molecule has 3 aromatic heterocycles. The Morgan fingerprint density at radius 1 is 1.13 bits per heavy atom. The van der Waals surface area contributed by atoms with Gasteiger partial charge in [-0.05, 0) is 52.3 Å². The number of aromatic nitrogens is 4. The standard InChI is InChI=1S/C23H26N6OS/c1-13-17(5)31-23-20(13)21(25-12-26-23)27-15(3)22(30)24-11-19-14(2)28-29(16(19)4)18-9-7-6-8-10-18/h6-10,12,15H,11H2,1-5H3,(H,24,30)(H,25,26,27)/t15-/m1/s1. The van der Waals surface area contributed by atoms with Crippen molar-refractivity contribution in [1.29, 1.82) is 0 Å².